The van der Waals surface area contributed by atoms with Crippen LogP contribution in [0.5, 0.6) is 0 Å². The molecule has 3 aliphatic heterocycles. The van der Waals surface area contributed by atoms with Crippen LogP contribution in [0.1, 0.15) is 80.1 Å². The average Bonchev–Trinajstić information content (AvgIpc) is 2.50. The van der Waals surface area contributed by atoms with E-state index in [2.05, 4.69) is 56.2 Å². The van der Waals surface area contributed by atoms with Gasteiger partial charge < -0.3 is 0 Å². The normalized spacial score (nSPS) is 30.4. The van der Waals surface area contributed by atoms with Gasteiger partial charge in [-0.2, -0.15) is 0 Å². The van der Waals surface area contributed by atoms with E-state index < -0.39 is 0 Å². The third-order valence-corrected chi connectivity index (χ3v) is 8.69. The molecule has 1 aliphatic carbocycles. The van der Waals surface area contributed by atoms with Crippen molar-refractivity contribution in [1.82, 2.24) is 14.7 Å². The van der Waals surface area contributed by atoms with Gasteiger partial charge in [0.25, 0.3) is 0 Å². The van der Waals surface area contributed by atoms with E-state index in [-0.39, 0.29) is 0 Å². The Bertz CT molecular complexity index is 499. The van der Waals surface area contributed by atoms with Crippen LogP contribution in [0.2, 0.25) is 0 Å². The van der Waals surface area contributed by atoms with Crippen molar-refractivity contribution in [3.63, 3.8) is 0 Å². The molecule has 0 aromatic heterocycles. The number of nitrogens with zero attached hydrogens (tertiary/aromatic N) is 3. The quantitative estimate of drug-likeness (QED) is 0.705. The molecular weight excluding hydrogens is 330 g/mol. The Hall–Kier alpha value is -0.120. The van der Waals surface area contributed by atoms with Gasteiger partial charge in [-0.3, -0.25) is 14.7 Å². The maximum absolute atomic E-state index is 2.86. The second kappa shape index (κ2) is 6.99. The molecule has 4 aliphatic rings. The van der Waals surface area contributed by atoms with Crippen molar-refractivity contribution in [2.75, 3.05) is 39.3 Å². The van der Waals surface area contributed by atoms with Crippen LogP contribution >= 0.6 is 0 Å². The zero-order chi connectivity index (χ0) is 19.4. The first-order valence-corrected chi connectivity index (χ1v) is 11.8. The van der Waals surface area contributed by atoms with Gasteiger partial charge in [-0.25, -0.2) is 0 Å². The lowest BCUT2D eigenvalue weighted by molar-refractivity contribution is -0.0917. The molecule has 0 aromatic rings. The number of likely N-dealkylation sites (tertiary alicyclic amines) is 3. The molecule has 0 radical (unpaired) electrons. The van der Waals surface area contributed by atoms with Crippen molar-refractivity contribution in [2.24, 2.45) is 16.7 Å². The zero-order valence-corrected chi connectivity index (χ0v) is 19.1. The summed E-state index contributed by atoms with van der Waals surface area (Å²) in [6, 6.07) is 1.71. The van der Waals surface area contributed by atoms with E-state index in [1.807, 2.05) is 0 Å². The Kier molecular flexibility index (Phi) is 5.22. The summed E-state index contributed by atoms with van der Waals surface area (Å²) in [6.07, 6.45) is 8.76. The van der Waals surface area contributed by atoms with E-state index >= 15 is 0 Å². The van der Waals surface area contributed by atoms with Crippen molar-refractivity contribution < 1.29 is 0 Å². The van der Waals surface area contributed by atoms with Crippen molar-refractivity contribution in [3.8, 4) is 0 Å². The van der Waals surface area contributed by atoms with E-state index in [0.717, 1.165) is 18.0 Å². The highest BCUT2D eigenvalue weighted by Gasteiger charge is 2.49. The predicted octanol–water partition coefficient (Wildman–Crippen LogP) is 4.47. The first-order chi connectivity index (χ1) is 12.6. The second-order valence-corrected chi connectivity index (χ2v) is 12.5. The summed E-state index contributed by atoms with van der Waals surface area (Å²) < 4.78 is 0. The summed E-state index contributed by atoms with van der Waals surface area (Å²) in [7, 11) is 0. The molecule has 27 heavy (non-hydrogen) atoms. The van der Waals surface area contributed by atoms with Gasteiger partial charge in [0.2, 0.25) is 0 Å². The SMILES string of the molecule is CC(C)(C)C1CCC2(CC1)CN(C1CCN(C3CN(C(C)(C)C)C3)CC1)C2. The molecule has 0 bridgehead atoms. The molecule has 0 aromatic carbocycles. The van der Waals surface area contributed by atoms with Crippen molar-refractivity contribution in [3.05, 3.63) is 0 Å². The minimum atomic E-state index is 0.354. The first kappa shape index (κ1) is 20.2. The van der Waals surface area contributed by atoms with Crippen molar-refractivity contribution in [2.45, 2.75) is 97.7 Å². The maximum Gasteiger partial charge on any atom is 0.0350 e. The largest absolute Gasteiger partial charge is 0.299 e. The van der Waals surface area contributed by atoms with E-state index in [0.29, 0.717) is 16.4 Å². The summed E-state index contributed by atoms with van der Waals surface area (Å²) >= 11 is 0. The lowest BCUT2D eigenvalue weighted by atomic mass is 9.61. The Labute approximate surface area is 168 Å². The molecule has 156 valence electrons. The van der Waals surface area contributed by atoms with Crippen LogP contribution in [-0.2, 0) is 0 Å². The van der Waals surface area contributed by atoms with Gasteiger partial charge in [0.15, 0.2) is 0 Å². The third-order valence-electron chi connectivity index (χ3n) is 8.69. The lowest BCUT2D eigenvalue weighted by Crippen LogP contribution is -2.67. The molecule has 0 N–H and O–H groups in total. The fraction of sp³-hybridized carbons (Fsp3) is 1.00. The Morgan fingerprint density at radius 3 is 1.74 bits per heavy atom. The highest BCUT2D eigenvalue weighted by molar-refractivity contribution is 5.02. The highest BCUT2D eigenvalue weighted by Crippen LogP contribution is 2.50. The predicted molar refractivity (Wildman–Crippen MR) is 115 cm³/mol. The fourth-order valence-electron chi connectivity index (χ4n) is 6.34. The minimum Gasteiger partial charge on any atom is -0.299 e. The average molecular weight is 376 g/mol. The standard InChI is InChI=1S/C24H45N3/c1-22(2,3)19-7-11-24(12-8-19)17-26(18-24)20-9-13-25(14-10-20)21-15-27(16-21)23(4,5)6/h19-21H,7-18H2,1-6H3. The van der Waals surface area contributed by atoms with E-state index in [1.54, 1.807) is 0 Å². The van der Waals surface area contributed by atoms with Crippen molar-refractivity contribution in [1.29, 1.82) is 0 Å². The summed E-state index contributed by atoms with van der Waals surface area (Å²) in [4.78, 5) is 8.29. The van der Waals surface area contributed by atoms with Crippen LogP contribution in [0.15, 0.2) is 0 Å². The molecule has 0 unspecified atom stereocenters. The number of hydrogen-bond acceptors (Lipinski definition) is 3. The Balaban J connectivity index is 1.17. The van der Waals surface area contributed by atoms with Gasteiger partial charge in [0, 0.05) is 56.9 Å². The maximum atomic E-state index is 2.86. The van der Waals surface area contributed by atoms with Crippen LogP contribution in [-0.4, -0.2) is 71.6 Å². The summed E-state index contributed by atoms with van der Waals surface area (Å²) in [5, 5.41) is 0. The third kappa shape index (κ3) is 4.12. The molecule has 4 rings (SSSR count). The van der Waals surface area contributed by atoms with Gasteiger partial charge in [-0.15, -0.1) is 0 Å². The smallest absolute Gasteiger partial charge is 0.0350 e. The van der Waals surface area contributed by atoms with Crippen LogP contribution in [0, 0.1) is 16.7 Å². The van der Waals surface area contributed by atoms with Gasteiger partial charge in [0.1, 0.15) is 0 Å². The molecular formula is C24H45N3. The van der Waals surface area contributed by atoms with Gasteiger partial charge in [0.05, 0.1) is 0 Å². The summed E-state index contributed by atoms with van der Waals surface area (Å²) in [5.41, 5.74) is 1.58. The van der Waals surface area contributed by atoms with E-state index in [4.69, 9.17) is 0 Å². The van der Waals surface area contributed by atoms with E-state index in [1.165, 1.54) is 77.8 Å². The van der Waals surface area contributed by atoms with Crippen LogP contribution in [0.3, 0.4) is 0 Å². The van der Waals surface area contributed by atoms with Crippen LogP contribution in [0.4, 0.5) is 0 Å². The van der Waals surface area contributed by atoms with Crippen LogP contribution in [0.25, 0.3) is 0 Å². The Morgan fingerprint density at radius 1 is 0.704 bits per heavy atom. The number of rotatable bonds is 2. The minimum absolute atomic E-state index is 0.354. The zero-order valence-electron chi connectivity index (χ0n) is 19.1. The first-order valence-electron chi connectivity index (χ1n) is 11.8. The highest BCUT2D eigenvalue weighted by atomic mass is 15.3. The lowest BCUT2D eigenvalue weighted by Gasteiger charge is -2.59. The molecule has 4 fully saturated rings. The fourth-order valence-corrected chi connectivity index (χ4v) is 6.34. The molecule has 3 heteroatoms. The molecule has 1 spiro atoms. The monoisotopic (exact) mass is 375 g/mol. The van der Waals surface area contributed by atoms with Gasteiger partial charge in [-0.1, -0.05) is 20.8 Å². The molecule has 3 heterocycles. The molecule has 0 amide bonds. The van der Waals surface area contributed by atoms with Crippen molar-refractivity contribution >= 4 is 0 Å². The van der Waals surface area contributed by atoms with Gasteiger partial charge in [-0.05, 0) is 76.0 Å². The van der Waals surface area contributed by atoms with E-state index in [9.17, 15) is 0 Å². The second-order valence-electron chi connectivity index (χ2n) is 12.5. The molecule has 0 atom stereocenters. The number of piperidine rings is 1. The Morgan fingerprint density at radius 2 is 1.26 bits per heavy atom. The van der Waals surface area contributed by atoms with Gasteiger partial charge >= 0.3 is 0 Å². The molecule has 3 saturated heterocycles. The molecule has 1 saturated carbocycles. The summed E-state index contributed by atoms with van der Waals surface area (Å²) in [5.74, 6) is 0.954. The summed E-state index contributed by atoms with van der Waals surface area (Å²) in [6.45, 7) is 22.5. The number of hydrogen-bond donors (Lipinski definition) is 0. The topological polar surface area (TPSA) is 9.72 Å². The molecule has 3 nitrogen and oxygen atoms in total. The van der Waals surface area contributed by atoms with Crippen LogP contribution < -0.4 is 0 Å².